The number of halogens is 1. The van der Waals surface area contributed by atoms with E-state index in [0.717, 1.165) is 0 Å². The molecular weight excluding hydrogens is 399 g/mol. The van der Waals surface area contributed by atoms with Crippen molar-refractivity contribution in [2.75, 3.05) is 0 Å². The van der Waals surface area contributed by atoms with E-state index in [4.69, 9.17) is 0 Å². The van der Waals surface area contributed by atoms with Gasteiger partial charge in [0.1, 0.15) is 0 Å². The molecule has 0 spiro atoms. The third-order valence-electron chi connectivity index (χ3n) is 3.81. The molecule has 0 saturated heterocycles. The van der Waals surface area contributed by atoms with Crippen molar-refractivity contribution in [3.8, 4) is 22.3 Å². The van der Waals surface area contributed by atoms with Crippen molar-refractivity contribution in [2.45, 2.75) is 18.7 Å². The Morgan fingerprint density at radius 3 is 1.77 bits per heavy atom. The summed E-state index contributed by atoms with van der Waals surface area (Å²) in [7, 11) is 1.78. The summed E-state index contributed by atoms with van der Waals surface area (Å²) in [6, 6.07) is 24.2. The highest BCUT2D eigenvalue weighted by molar-refractivity contribution is 14.2. The summed E-state index contributed by atoms with van der Waals surface area (Å²) in [5, 5.41) is 0. The molecule has 0 N–H and O–H groups in total. The van der Waals surface area contributed by atoms with Crippen LogP contribution in [0.15, 0.2) is 71.6 Å². The summed E-state index contributed by atoms with van der Waals surface area (Å²) in [6.07, 6.45) is 0. The SMILES string of the molecule is Cc1ccc(-c2cccc(SI)c2-c2ccc(C)cc2)cc1. The number of aryl methyl sites for hydroxylation is 2. The predicted octanol–water partition coefficient (Wildman–Crippen LogP) is 7.08. The van der Waals surface area contributed by atoms with E-state index in [1.54, 1.807) is 8.93 Å². The Balaban J connectivity index is 2.22. The topological polar surface area (TPSA) is 0 Å². The van der Waals surface area contributed by atoms with Crippen LogP contribution in [-0.4, -0.2) is 0 Å². The Kier molecular flexibility index (Phi) is 4.89. The van der Waals surface area contributed by atoms with E-state index in [0.29, 0.717) is 0 Å². The van der Waals surface area contributed by atoms with Crippen LogP contribution in [0.4, 0.5) is 0 Å². The van der Waals surface area contributed by atoms with E-state index in [1.807, 2.05) is 0 Å². The molecule has 0 aromatic heterocycles. The van der Waals surface area contributed by atoms with E-state index in [2.05, 4.69) is 102 Å². The summed E-state index contributed by atoms with van der Waals surface area (Å²) in [4.78, 5) is 1.31. The highest BCUT2D eigenvalue weighted by Gasteiger charge is 2.12. The molecule has 0 fully saturated rings. The van der Waals surface area contributed by atoms with Crippen LogP contribution in [0.2, 0.25) is 0 Å². The molecule has 0 amide bonds. The first-order chi connectivity index (χ1) is 10.7. The third-order valence-corrected chi connectivity index (χ3v) is 5.74. The van der Waals surface area contributed by atoms with Crippen LogP contribution in [-0.2, 0) is 0 Å². The Morgan fingerprint density at radius 1 is 0.682 bits per heavy atom. The normalized spacial score (nSPS) is 10.7. The minimum absolute atomic E-state index is 1.27. The second-order valence-electron chi connectivity index (χ2n) is 5.49. The van der Waals surface area contributed by atoms with Crippen LogP contribution in [0.5, 0.6) is 0 Å². The molecule has 0 aliphatic rings. The first-order valence-corrected chi connectivity index (χ1v) is 10.6. The first-order valence-electron chi connectivity index (χ1n) is 7.25. The maximum absolute atomic E-state index is 2.37. The van der Waals surface area contributed by atoms with Gasteiger partial charge in [-0.25, -0.2) is 0 Å². The van der Waals surface area contributed by atoms with Gasteiger partial charge in [-0.15, -0.1) is 0 Å². The van der Waals surface area contributed by atoms with Gasteiger partial charge < -0.3 is 0 Å². The van der Waals surface area contributed by atoms with Crippen molar-refractivity contribution in [3.05, 3.63) is 77.9 Å². The Hall–Kier alpha value is -1.26. The lowest BCUT2D eigenvalue weighted by atomic mass is 9.93. The minimum Gasteiger partial charge on any atom is -0.0605 e. The Labute approximate surface area is 148 Å². The van der Waals surface area contributed by atoms with Crippen LogP contribution >= 0.6 is 30.1 Å². The molecule has 0 saturated carbocycles. The van der Waals surface area contributed by atoms with Crippen molar-refractivity contribution in [1.82, 2.24) is 0 Å². The first kappa shape index (κ1) is 15.6. The molecule has 0 nitrogen and oxygen atoms in total. The molecular formula is C20H17IS. The number of rotatable bonds is 3. The lowest BCUT2D eigenvalue weighted by molar-refractivity contribution is 1.41. The van der Waals surface area contributed by atoms with Gasteiger partial charge in [0, 0.05) is 31.7 Å². The highest BCUT2D eigenvalue weighted by Crippen LogP contribution is 2.41. The van der Waals surface area contributed by atoms with Crippen LogP contribution in [0.25, 0.3) is 22.3 Å². The van der Waals surface area contributed by atoms with Crippen molar-refractivity contribution in [1.29, 1.82) is 0 Å². The molecule has 110 valence electrons. The molecule has 22 heavy (non-hydrogen) atoms. The zero-order valence-corrected chi connectivity index (χ0v) is 15.6. The van der Waals surface area contributed by atoms with E-state index < -0.39 is 0 Å². The van der Waals surface area contributed by atoms with Crippen LogP contribution < -0.4 is 0 Å². The molecule has 0 bridgehead atoms. The fraction of sp³-hybridized carbons (Fsp3) is 0.100. The number of hydrogen-bond acceptors (Lipinski definition) is 1. The van der Waals surface area contributed by atoms with Gasteiger partial charge in [-0.2, -0.15) is 0 Å². The second-order valence-corrected chi connectivity index (χ2v) is 7.40. The van der Waals surface area contributed by atoms with Crippen molar-refractivity contribution in [3.63, 3.8) is 0 Å². The van der Waals surface area contributed by atoms with Crippen molar-refractivity contribution in [2.24, 2.45) is 0 Å². The highest BCUT2D eigenvalue weighted by atomic mass is 127. The lowest BCUT2D eigenvalue weighted by Gasteiger charge is -2.14. The summed E-state index contributed by atoms with van der Waals surface area (Å²) in [5.41, 5.74) is 7.76. The molecule has 0 aliphatic heterocycles. The maximum atomic E-state index is 2.37. The van der Waals surface area contributed by atoms with Gasteiger partial charge in [0.25, 0.3) is 0 Å². The van der Waals surface area contributed by atoms with Gasteiger partial charge in [0.05, 0.1) is 0 Å². The molecule has 0 unspecified atom stereocenters. The minimum atomic E-state index is 1.27. The third kappa shape index (κ3) is 3.23. The molecule has 2 heteroatoms. The fourth-order valence-electron chi connectivity index (χ4n) is 2.59. The Bertz CT molecular complexity index is 774. The van der Waals surface area contributed by atoms with Crippen molar-refractivity contribution >= 4 is 30.1 Å². The molecule has 3 aromatic carbocycles. The van der Waals surface area contributed by atoms with Crippen molar-refractivity contribution < 1.29 is 0 Å². The molecule has 0 aliphatic carbocycles. The van der Waals surface area contributed by atoms with Gasteiger partial charge in [0.2, 0.25) is 0 Å². The quantitative estimate of drug-likeness (QED) is 0.411. The molecule has 3 rings (SSSR count). The average Bonchev–Trinajstić information content (AvgIpc) is 2.56. The van der Waals surface area contributed by atoms with Gasteiger partial charge in [0.15, 0.2) is 0 Å². The average molecular weight is 416 g/mol. The van der Waals surface area contributed by atoms with E-state index in [1.165, 1.54) is 38.3 Å². The number of benzene rings is 3. The zero-order chi connectivity index (χ0) is 15.5. The fourth-order valence-corrected chi connectivity index (χ4v) is 4.12. The van der Waals surface area contributed by atoms with E-state index >= 15 is 0 Å². The monoisotopic (exact) mass is 416 g/mol. The van der Waals surface area contributed by atoms with Gasteiger partial charge in [-0.1, -0.05) is 80.7 Å². The van der Waals surface area contributed by atoms with Crippen LogP contribution in [0.1, 0.15) is 11.1 Å². The summed E-state index contributed by atoms with van der Waals surface area (Å²) >= 11 is 2.37. The summed E-state index contributed by atoms with van der Waals surface area (Å²) in [5.74, 6) is 0. The summed E-state index contributed by atoms with van der Waals surface area (Å²) in [6.45, 7) is 4.26. The molecule has 0 atom stereocenters. The zero-order valence-electron chi connectivity index (χ0n) is 12.6. The van der Waals surface area contributed by atoms with Crippen LogP contribution in [0.3, 0.4) is 0 Å². The van der Waals surface area contributed by atoms with E-state index in [-0.39, 0.29) is 0 Å². The lowest BCUT2D eigenvalue weighted by Crippen LogP contribution is -1.88. The molecule has 0 radical (unpaired) electrons. The predicted molar refractivity (Wildman–Crippen MR) is 107 cm³/mol. The smallest absolute Gasteiger partial charge is 0.0263 e. The Morgan fingerprint density at radius 2 is 1.23 bits per heavy atom. The molecule has 3 aromatic rings. The maximum Gasteiger partial charge on any atom is 0.0263 e. The standard InChI is InChI=1S/C20H17IS/c1-14-6-10-16(11-7-14)18-4-3-5-19(22-21)20(18)17-12-8-15(2)9-13-17/h3-13H,1-2H3. The van der Waals surface area contributed by atoms with Crippen LogP contribution in [0, 0.1) is 13.8 Å². The van der Waals surface area contributed by atoms with E-state index in [9.17, 15) is 0 Å². The largest absolute Gasteiger partial charge is 0.0605 e. The second kappa shape index (κ2) is 6.88. The van der Waals surface area contributed by atoms with Gasteiger partial charge in [-0.3, -0.25) is 0 Å². The van der Waals surface area contributed by atoms with Gasteiger partial charge >= 0.3 is 0 Å². The number of hydrogen-bond donors (Lipinski definition) is 0. The molecule has 0 heterocycles. The summed E-state index contributed by atoms with van der Waals surface area (Å²) < 4.78 is 0. The van der Waals surface area contributed by atoms with Gasteiger partial charge in [-0.05, 0) is 36.6 Å².